The predicted molar refractivity (Wildman–Crippen MR) is 86.3 cm³/mol. The van der Waals surface area contributed by atoms with Crippen molar-refractivity contribution in [1.82, 2.24) is 4.90 Å². The third-order valence-corrected chi connectivity index (χ3v) is 5.66. The number of esters is 1. The average molecular weight is 295 g/mol. The van der Waals surface area contributed by atoms with Gasteiger partial charge in [0.1, 0.15) is 0 Å². The van der Waals surface area contributed by atoms with Crippen molar-refractivity contribution in [2.45, 2.75) is 83.6 Å². The van der Waals surface area contributed by atoms with Crippen molar-refractivity contribution in [2.75, 3.05) is 19.7 Å². The lowest BCUT2D eigenvalue weighted by molar-refractivity contribution is -0.149. The molecule has 122 valence electrons. The van der Waals surface area contributed by atoms with Crippen LogP contribution in [0.3, 0.4) is 0 Å². The number of ether oxygens (including phenoxy) is 1. The lowest BCUT2D eigenvalue weighted by Gasteiger charge is -2.51. The van der Waals surface area contributed by atoms with E-state index in [0.29, 0.717) is 18.9 Å². The van der Waals surface area contributed by atoms with Gasteiger partial charge in [-0.3, -0.25) is 9.69 Å². The zero-order valence-corrected chi connectivity index (χ0v) is 14.0. The molecule has 0 aromatic rings. The van der Waals surface area contributed by atoms with Crippen molar-refractivity contribution in [2.24, 2.45) is 5.92 Å². The number of rotatable bonds is 5. The first kappa shape index (κ1) is 16.8. The third kappa shape index (κ3) is 4.00. The summed E-state index contributed by atoms with van der Waals surface area (Å²) in [6.07, 6.45) is 12.2. The second kappa shape index (κ2) is 8.17. The van der Waals surface area contributed by atoms with E-state index in [0.717, 1.165) is 0 Å². The fraction of sp³-hybridized carbons (Fsp3) is 0.944. The maximum atomic E-state index is 12.3. The number of nitrogens with zero attached hydrogens (tertiary/aromatic N) is 1. The van der Waals surface area contributed by atoms with Crippen LogP contribution in [0.5, 0.6) is 0 Å². The van der Waals surface area contributed by atoms with Crippen molar-refractivity contribution in [3.05, 3.63) is 0 Å². The monoisotopic (exact) mass is 295 g/mol. The van der Waals surface area contributed by atoms with E-state index in [1.54, 1.807) is 0 Å². The van der Waals surface area contributed by atoms with Gasteiger partial charge in [0.2, 0.25) is 0 Å². The van der Waals surface area contributed by atoms with Crippen LogP contribution in [0.15, 0.2) is 0 Å². The van der Waals surface area contributed by atoms with Crippen LogP contribution in [0, 0.1) is 5.92 Å². The topological polar surface area (TPSA) is 29.5 Å². The zero-order valence-electron chi connectivity index (χ0n) is 14.0. The van der Waals surface area contributed by atoms with Gasteiger partial charge in [-0.2, -0.15) is 0 Å². The van der Waals surface area contributed by atoms with Crippen LogP contribution in [-0.4, -0.2) is 36.1 Å². The van der Waals surface area contributed by atoms with Crippen LogP contribution < -0.4 is 0 Å². The molecule has 0 aromatic heterocycles. The molecule has 0 N–H and O–H groups in total. The van der Waals surface area contributed by atoms with Gasteiger partial charge in [0, 0.05) is 5.54 Å². The zero-order chi connectivity index (χ0) is 15.1. The van der Waals surface area contributed by atoms with E-state index in [1.165, 1.54) is 70.9 Å². The molecule has 1 aliphatic carbocycles. The molecule has 1 saturated heterocycles. The maximum absolute atomic E-state index is 12.3. The number of hydrogen-bond donors (Lipinski definition) is 0. The first-order valence-corrected chi connectivity index (χ1v) is 9.13. The number of hydrogen-bond acceptors (Lipinski definition) is 3. The van der Waals surface area contributed by atoms with Crippen LogP contribution >= 0.6 is 0 Å². The maximum Gasteiger partial charge on any atom is 0.307 e. The molecule has 3 heteroatoms. The van der Waals surface area contributed by atoms with Crippen LogP contribution in [0.1, 0.15) is 78.1 Å². The van der Waals surface area contributed by atoms with E-state index in [-0.39, 0.29) is 11.5 Å². The molecule has 0 bridgehead atoms. The van der Waals surface area contributed by atoms with E-state index >= 15 is 0 Å². The molecule has 0 spiro atoms. The highest BCUT2D eigenvalue weighted by molar-refractivity contribution is 5.71. The van der Waals surface area contributed by atoms with Gasteiger partial charge in [-0.15, -0.1) is 0 Å². The molecule has 0 aromatic carbocycles. The van der Waals surface area contributed by atoms with E-state index in [4.69, 9.17) is 4.74 Å². The average Bonchev–Trinajstić information content (AvgIpc) is 2.77. The molecule has 1 heterocycles. The van der Waals surface area contributed by atoms with E-state index in [2.05, 4.69) is 11.8 Å². The lowest BCUT2D eigenvalue weighted by Crippen LogP contribution is -2.57. The first-order valence-electron chi connectivity index (χ1n) is 9.13. The predicted octanol–water partition coefficient (Wildman–Crippen LogP) is 4.15. The molecule has 1 saturated carbocycles. The molecule has 1 aliphatic heterocycles. The lowest BCUT2D eigenvalue weighted by atomic mass is 9.68. The van der Waals surface area contributed by atoms with Gasteiger partial charge in [0.15, 0.2) is 0 Å². The molecule has 2 unspecified atom stereocenters. The fourth-order valence-corrected chi connectivity index (χ4v) is 4.62. The molecule has 2 fully saturated rings. The van der Waals surface area contributed by atoms with Crippen molar-refractivity contribution in [1.29, 1.82) is 0 Å². The molecular formula is C18H33NO2. The summed E-state index contributed by atoms with van der Waals surface area (Å²) in [7, 11) is 0. The first-order chi connectivity index (χ1) is 10.2. The minimum absolute atomic E-state index is 0.0158. The van der Waals surface area contributed by atoms with Crippen LogP contribution in [0.4, 0.5) is 0 Å². The summed E-state index contributed by atoms with van der Waals surface area (Å²) >= 11 is 0. The van der Waals surface area contributed by atoms with Gasteiger partial charge >= 0.3 is 5.97 Å². The Kier molecular flexibility index (Phi) is 6.53. The number of carbonyl (C=O) groups excluding carboxylic acids is 1. The molecule has 0 amide bonds. The quantitative estimate of drug-likeness (QED) is 0.713. The minimum atomic E-state index is 0.0158. The summed E-state index contributed by atoms with van der Waals surface area (Å²) in [6.45, 7) is 7.07. The highest BCUT2D eigenvalue weighted by Crippen LogP contribution is 2.43. The van der Waals surface area contributed by atoms with Crippen molar-refractivity contribution >= 4 is 5.97 Å². The van der Waals surface area contributed by atoms with Gasteiger partial charge in [0.25, 0.3) is 0 Å². The molecular weight excluding hydrogens is 262 g/mol. The summed E-state index contributed by atoms with van der Waals surface area (Å²) in [5, 5.41) is 0. The Morgan fingerprint density at radius 3 is 2.43 bits per heavy atom. The van der Waals surface area contributed by atoms with Crippen molar-refractivity contribution < 1.29 is 9.53 Å². The molecule has 3 nitrogen and oxygen atoms in total. The number of likely N-dealkylation sites (tertiary alicyclic amines) is 1. The molecule has 21 heavy (non-hydrogen) atoms. The summed E-state index contributed by atoms with van der Waals surface area (Å²) in [5.74, 6) is 0.677. The normalized spacial score (nSPS) is 31.6. The van der Waals surface area contributed by atoms with Gasteiger partial charge in [-0.25, -0.2) is 0 Å². The number of carbonyl (C=O) groups is 1. The smallest absolute Gasteiger partial charge is 0.307 e. The van der Waals surface area contributed by atoms with E-state index in [9.17, 15) is 4.79 Å². The highest BCUT2D eigenvalue weighted by Gasteiger charge is 2.46. The summed E-state index contributed by atoms with van der Waals surface area (Å²) in [5.41, 5.74) is 0.0869. The van der Waals surface area contributed by atoms with Gasteiger partial charge in [0.05, 0.1) is 13.0 Å². The standard InChI is InChI=1S/C18H33NO2/c1-3-16-11-7-8-12-18(16,15-17(20)21-4-2)19-13-9-5-6-10-14-19/h16H,3-15H2,1-2H3. The van der Waals surface area contributed by atoms with Crippen molar-refractivity contribution in [3.8, 4) is 0 Å². The summed E-state index contributed by atoms with van der Waals surface area (Å²) < 4.78 is 5.32. The minimum Gasteiger partial charge on any atom is -0.466 e. The summed E-state index contributed by atoms with van der Waals surface area (Å²) in [6, 6.07) is 0. The van der Waals surface area contributed by atoms with Crippen LogP contribution in [0.25, 0.3) is 0 Å². The Labute approximate surface area is 130 Å². The van der Waals surface area contributed by atoms with E-state index in [1.807, 2.05) is 6.92 Å². The van der Waals surface area contributed by atoms with E-state index < -0.39 is 0 Å². The molecule has 2 aliphatic rings. The second-order valence-electron chi connectivity index (χ2n) is 6.84. The van der Waals surface area contributed by atoms with Crippen LogP contribution in [-0.2, 0) is 9.53 Å². The third-order valence-electron chi connectivity index (χ3n) is 5.66. The Hall–Kier alpha value is -0.570. The highest BCUT2D eigenvalue weighted by atomic mass is 16.5. The Balaban J connectivity index is 2.20. The Morgan fingerprint density at radius 1 is 1.10 bits per heavy atom. The molecule has 2 rings (SSSR count). The van der Waals surface area contributed by atoms with Gasteiger partial charge in [-0.1, -0.05) is 39.0 Å². The Bertz CT molecular complexity index is 323. The molecule has 0 radical (unpaired) electrons. The fourth-order valence-electron chi connectivity index (χ4n) is 4.62. The largest absolute Gasteiger partial charge is 0.466 e. The van der Waals surface area contributed by atoms with Crippen molar-refractivity contribution in [3.63, 3.8) is 0 Å². The van der Waals surface area contributed by atoms with Gasteiger partial charge < -0.3 is 4.74 Å². The SMILES string of the molecule is CCOC(=O)CC1(N2CCCCCC2)CCCCC1CC. The van der Waals surface area contributed by atoms with Gasteiger partial charge in [-0.05, 0) is 51.6 Å². The van der Waals surface area contributed by atoms with Crippen LogP contribution in [0.2, 0.25) is 0 Å². The summed E-state index contributed by atoms with van der Waals surface area (Å²) in [4.78, 5) is 14.9. The molecule has 2 atom stereocenters. The second-order valence-corrected chi connectivity index (χ2v) is 6.84. The Morgan fingerprint density at radius 2 is 1.81 bits per heavy atom.